The molecule has 0 atom stereocenters. The topological polar surface area (TPSA) is 105 Å². The Hall–Kier alpha value is -2.36. The van der Waals surface area contributed by atoms with Gasteiger partial charge in [0.15, 0.2) is 23.9 Å². The summed E-state index contributed by atoms with van der Waals surface area (Å²) in [5.74, 6) is -1.32. The normalized spacial score (nSPS) is 15.6. The number of ether oxygens (including phenoxy) is 5. The standard InChI is InChI=1S/C17H21ClN2O7/c1-17(26-4-5-27-17)8-14(21)20-19-9-11-6-12(18)16(13(7-11)23-2)25-10-15(22)24-3/h6-7,9H,4-5,8,10H2,1-3H3,(H,20,21)/b19-9-. The number of benzene rings is 1. The molecular weight excluding hydrogens is 380 g/mol. The van der Waals surface area contributed by atoms with E-state index in [0.29, 0.717) is 24.5 Å². The van der Waals surface area contributed by atoms with Crippen molar-refractivity contribution in [2.45, 2.75) is 19.1 Å². The van der Waals surface area contributed by atoms with Gasteiger partial charge in [-0.15, -0.1) is 0 Å². The molecule has 1 aromatic carbocycles. The molecule has 1 aromatic rings. The monoisotopic (exact) mass is 400 g/mol. The van der Waals surface area contributed by atoms with E-state index in [1.807, 2.05) is 0 Å². The van der Waals surface area contributed by atoms with Gasteiger partial charge in [0.2, 0.25) is 5.91 Å². The summed E-state index contributed by atoms with van der Waals surface area (Å²) >= 11 is 6.17. The summed E-state index contributed by atoms with van der Waals surface area (Å²) in [6.45, 7) is 2.30. The molecule has 0 aromatic heterocycles. The summed E-state index contributed by atoms with van der Waals surface area (Å²) in [5.41, 5.74) is 2.95. The summed E-state index contributed by atoms with van der Waals surface area (Å²) in [7, 11) is 2.69. The largest absolute Gasteiger partial charge is 0.493 e. The molecular formula is C17H21ClN2O7. The van der Waals surface area contributed by atoms with E-state index >= 15 is 0 Å². The van der Waals surface area contributed by atoms with Gasteiger partial charge in [-0.25, -0.2) is 10.2 Å². The average Bonchev–Trinajstić information content (AvgIpc) is 3.05. The number of carbonyl (C=O) groups excluding carboxylic acids is 2. The molecule has 0 bridgehead atoms. The Morgan fingerprint density at radius 1 is 1.33 bits per heavy atom. The van der Waals surface area contributed by atoms with E-state index in [-0.39, 0.29) is 29.7 Å². The SMILES string of the molecule is COC(=O)COc1c(Cl)cc(/C=N\NC(=O)CC2(C)OCCO2)cc1OC. The maximum absolute atomic E-state index is 11.9. The molecule has 1 heterocycles. The minimum atomic E-state index is -0.926. The first-order chi connectivity index (χ1) is 12.9. The second-order valence-corrected chi connectivity index (χ2v) is 6.11. The highest BCUT2D eigenvalue weighted by atomic mass is 35.5. The van der Waals surface area contributed by atoms with Crippen LogP contribution in [0.3, 0.4) is 0 Å². The fourth-order valence-corrected chi connectivity index (χ4v) is 2.59. The highest BCUT2D eigenvalue weighted by molar-refractivity contribution is 6.32. The maximum atomic E-state index is 11.9. The Bertz CT molecular complexity index is 717. The Labute approximate surface area is 161 Å². The molecule has 0 aliphatic carbocycles. The smallest absolute Gasteiger partial charge is 0.343 e. The summed E-state index contributed by atoms with van der Waals surface area (Å²) in [4.78, 5) is 23.1. The van der Waals surface area contributed by atoms with Crippen LogP contribution in [0.25, 0.3) is 0 Å². The molecule has 1 amide bonds. The molecule has 2 rings (SSSR count). The minimum Gasteiger partial charge on any atom is -0.493 e. The molecule has 1 fully saturated rings. The van der Waals surface area contributed by atoms with Crippen LogP contribution in [0.5, 0.6) is 11.5 Å². The first-order valence-electron chi connectivity index (χ1n) is 8.04. The lowest BCUT2D eigenvalue weighted by molar-refractivity contribution is -0.159. The number of hydrogen-bond donors (Lipinski definition) is 1. The molecule has 1 saturated heterocycles. The molecule has 1 aliphatic rings. The third-order valence-electron chi connectivity index (χ3n) is 3.60. The number of amides is 1. The van der Waals surface area contributed by atoms with Crippen molar-refractivity contribution < 1.29 is 33.3 Å². The molecule has 0 spiro atoms. The number of nitrogens with zero attached hydrogens (tertiary/aromatic N) is 1. The molecule has 0 radical (unpaired) electrons. The predicted molar refractivity (Wildman–Crippen MR) is 96.2 cm³/mol. The van der Waals surface area contributed by atoms with Crippen molar-refractivity contribution in [1.29, 1.82) is 0 Å². The molecule has 1 N–H and O–H groups in total. The quantitative estimate of drug-likeness (QED) is 0.400. The van der Waals surface area contributed by atoms with Crippen LogP contribution in [0.1, 0.15) is 18.9 Å². The Balaban J connectivity index is 1.99. The number of carbonyl (C=O) groups is 2. The van der Waals surface area contributed by atoms with Crippen molar-refractivity contribution in [3.05, 3.63) is 22.7 Å². The van der Waals surface area contributed by atoms with Crippen molar-refractivity contribution in [1.82, 2.24) is 5.43 Å². The van der Waals surface area contributed by atoms with Crippen LogP contribution in [-0.2, 0) is 23.8 Å². The third kappa shape index (κ3) is 6.09. The molecule has 10 heteroatoms. The van der Waals surface area contributed by atoms with Gasteiger partial charge in [0.1, 0.15) is 0 Å². The van der Waals surface area contributed by atoms with E-state index in [2.05, 4.69) is 15.3 Å². The first-order valence-corrected chi connectivity index (χ1v) is 8.41. The van der Waals surface area contributed by atoms with E-state index in [1.54, 1.807) is 19.1 Å². The van der Waals surface area contributed by atoms with Crippen molar-refractivity contribution in [2.24, 2.45) is 5.10 Å². The Morgan fingerprint density at radius 2 is 2.04 bits per heavy atom. The lowest BCUT2D eigenvalue weighted by atomic mass is 10.2. The van der Waals surface area contributed by atoms with Gasteiger partial charge < -0.3 is 23.7 Å². The van der Waals surface area contributed by atoms with E-state index < -0.39 is 11.8 Å². The van der Waals surface area contributed by atoms with Crippen LogP contribution in [0.2, 0.25) is 5.02 Å². The zero-order valence-electron chi connectivity index (χ0n) is 15.2. The highest BCUT2D eigenvalue weighted by Gasteiger charge is 2.33. The van der Waals surface area contributed by atoms with Gasteiger partial charge in [0.25, 0.3) is 0 Å². The van der Waals surface area contributed by atoms with Gasteiger partial charge in [-0.3, -0.25) is 4.79 Å². The number of hydrazone groups is 1. The van der Waals surface area contributed by atoms with Gasteiger partial charge in [-0.2, -0.15) is 5.10 Å². The molecule has 0 unspecified atom stereocenters. The summed E-state index contributed by atoms with van der Waals surface area (Å²) in [6, 6.07) is 3.15. The van der Waals surface area contributed by atoms with E-state index in [9.17, 15) is 9.59 Å². The fraction of sp³-hybridized carbons (Fsp3) is 0.471. The molecule has 27 heavy (non-hydrogen) atoms. The van der Waals surface area contributed by atoms with E-state index in [4.69, 9.17) is 30.5 Å². The zero-order valence-corrected chi connectivity index (χ0v) is 16.0. The minimum absolute atomic E-state index is 0.0225. The maximum Gasteiger partial charge on any atom is 0.343 e. The van der Waals surface area contributed by atoms with Gasteiger partial charge in [-0.1, -0.05) is 11.6 Å². The predicted octanol–water partition coefficient (Wildman–Crippen LogP) is 1.50. The van der Waals surface area contributed by atoms with Crippen LogP contribution in [-0.4, -0.2) is 57.9 Å². The first kappa shape index (κ1) is 20.9. The fourth-order valence-electron chi connectivity index (χ4n) is 2.31. The van der Waals surface area contributed by atoms with Gasteiger partial charge in [-0.05, 0) is 24.6 Å². The Kier molecular flexibility index (Phi) is 7.40. The summed E-state index contributed by atoms with van der Waals surface area (Å²) in [6.07, 6.45) is 1.42. The number of hydrogen-bond acceptors (Lipinski definition) is 8. The van der Waals surface area contributed by atoms with Crippen molar-refractivity contribution in [3.8, 4) is 11.5 Å². The number of nitrogens with one attached hydrogen (secondary N) is 1. The van der Waals surface area contributed by atoms with Crippen LogP contribution >= 0.6 is 11.6 Å². The molecule has 148 valence electrons. The highest BCUT2D eigenvalue weighted by Crippen LogP contribution is 2.36. The number of methoxy groups -OCH3 is 2. The number of rotatable bonds is 8. The van der Waals surface area contributed by atoms with Gasteiger partial charge in [0, 0.05) is 0 Å². The van der Waals surface area contributed by atoms with Crippen molar-refractivity contribution >= 4 is 29.7 Å². The lowest BCUT2D eigenvalue weighted by Gasteiger charge is -2.20. The van der Waals surface area contributed by atoms with Gasteiger partial charge >= 0.3 is 5.97 Å². The van der Waals surface area contributed by atoms with Gasteiger partial charge in [0.05, 0.1) is 45.1 Å². The van der Waals surface area contributed by atoms with Crippen LogP contribution in [0.4, 0.5) is 0 Å². The van der Waals surface area contributed by atoms with Crippen LogP contribution in [0, 0.1) is 0 Å². The number of halogens is 1. The lowest BCUT2D eigenvalue weighted by Crippen LogP contribution is -2.33. The third-order valence-corrected chi connectivity index (χ3v) is 3.88. The summed E-state index contributed by atoms with van der Waals surface area (Å²) in [5, 5.41) is 4.10. The van der Waals surface area contributed by atoms with Crippen LogP contribution in [0.15, 0.2) is 17.2 Å². The summed E-state index contributed by atoms with van der Waals surface area (Å²) < 4.78 is 25.8. The van der Waals surface area contributed by atoms with Crippen LogP contribution < -0.4 is 14.9 Å². The second kappa shape index (κ2) is 9.54. The molecule has 0 saturated carbocycles. The van der Waals surface area contributed by atoms with E-state index in [0.717, 1.165) is 0 Å². The Morgan fingerprint density at radius 3 is 2.67 bits per heavy atom. The second-order valence-electron chi connectivity index (χ2n) is 5.70. The number of esters is 1. The average molecular weight is 401 g/mol. The van der Waals surface area contributed by atoms with Crippen molar-refractivity contribution in [2.75, 3.05) is 34.0 Å². The molecule has 9 nitrogen and oxygen atoms in total. The zero-order chi connectivity index (χ0) is 19.9. The van der Waals surface area contributed by atoms with E-state index in [1.165, 1.54) is 20.4 Å². The molecule has 1 aliphatic heterocycles. The van der Waals surface area contributed by atoms with Crippen molar-refractivity contribution in [3.63, 3.8) is 0 Å².